The van der Waals surface area contributed by atoms with Crippen LogP contribution in [0.3, 0.4) is 0 Å². The Morgan fingerprint density at radius 3 is 2.72 bits per heavy atom. The summed E-state index contributed by atoms with van der Waals surface area (Å²) < 4.78 is 0. The molecule has 3 nitrogen and oxygen atoms in total. The van der Waals surface area contributed by atoms with Crippen LogP contribution in [0.15, 0.2) is 0 Å². The van der Waals surface area contributed by atoms with Gasteiger partial charge >= 0.3 is 0 Å². The van der Waals surface area contributed by atoms with Gasteiger partial charge in [0.25, 0.3) is 0 Å². The Kier molecular flexibility index (Phi) is 6.69. The smallest absolute Gasteiger partial charge is 0.226 e. The van der Waals surface area contributed by atoms with E-state index >= 15 is 0 Å². The molecule has 0 saturated carbocycles. The van der Waals surface area contributed by atoms with E-state index in [-0.39, 0.29) is 5.92 Å². The maximum atomic E-state index is 12.0. The molecule has 0 bridgehead atoms. The summed E-state index contributed by atoms with van der Waals surface area (Å²) in [6, 6.07) is 0.634. The highest BCUT2D eigenvalue weighted by atomic mass is 16.2. The quantitative estimate of drug-likeness (QED) is 0.681. The Morgan fingerprint density at radius 1 is 1.39 bits per heavy atom. The van der Waals surface area contributed by atoms with E-state index in [1.54, 1.807) is 4.90 Å². The largest absolute Gasteiger partial charge is 0.349 e. The number of unbranched alkanes of at least 4 members (excludes halogenated alkanes) is 2. The number of hydrogen-bond donors (Lipinski definition) is 0. The highest BCUT2D eigenvalue weighted by Crippen LogP contribution is 2.21. The molecule has 0 aliphatic carbocycles. The van der Waals surface area contributed by atoms with Crippen molar-refractivity contribution in [1.82, 2.24) is 9.80 Å². The lowest BCUT2D eigenvalue weighted by Crippen LogP contribution is -2.46. The summed E-state index contributed by atoms with van der Waals surface area (Å²) in [4.78, 5) is 16.3. The van der Waals surface area contributed by atoms with Crippen molar-refractivity contribution in [2.24, 2.45) is 5.92 Å². The van der Waals surface area contributed by atoms with Gasteiger partial charge in [0.1, 0.15) is 0 Å². The van der Waals surface area contributed by atoms with E-state index in [0.717, 1.165) is 13.0 Å². The summed E-state index contributed by atoms with van der Waals surface area (Å²) in [5.74, 6) is 0.530. The van der Waals surface area contributed by atoms with Crippen LogP contribution in [0.25, 0.3) is 0 Å². The maximum Gasteiger partial charge on any atom is 0.226 e. The second-order valence-corrected chi connectivity index (χ2v) is 5.91. The summed E-state index contributed by atoms with van der Waals surface area (Å²) >= 11 is 0. The molecule has 106 valence electrons. The average molecular weight is 254 g/mol. The molecule has 1 amide bonds. The van der Waals surface area contributed by atoms with E-state index in [9.17, 15) is 4.79 Å². The standard InChI is InChI=1S/C15H30N2O/c1-5-6-7-9-13(2)17-11-8-10-14(12-17)15(18)16(3)4/h13-14H,5-12H2,1-4H3. The average Bonchev–Trinajstić information content (AvgIpc) is 2.38. The first-order valence-corrected chi connectivity index (χ1v) is 7.51. The van der Waals surface area contributed by atoms with Crippen molar-refractivity contribution >= 4 is 5.91 Å². The van der Waals surface area contributed by atoms with E-state index in [4.69, 9.17) is 0 Å². The van der Waals surface area contributed by atoms with E-state index in [1.165, 1.54) is 38.6 Å². The van der Waals surface area contributed by atoms with E-state index in [1.807, 2.05) is 14.1 Å². The molecule has 1 aliphatic heterocycles. The van der Waals surface area contributed by atoms with Gasteiger partial charge in [-0.25, -0.2) is 0 Å². The van der Waals surface area contributed by atoms with Gasteiger partial charge in [0.15, 0.2) is 0 Å². The molecule has 0 N–H and O–H groups in total. The zero-order valence-corrected chi connectivity index (χ0v) is 12.6. The minimum absolute atomic E-state index is 0.224. The number of nitrogens with zero attached hydrogens (tertiary/aromatic N) is 2. The third-order valence-corrected chi connectivity index (χ3v) is 4.09. The highest BCUT2D eigenvalue weighted by Gasteiger charge is 2.28. The van der Waals surface area contributed by atoms with Crippen LogP contribution in [0.2, 0.25) is 0 Å². The second-order valence-electron chi connectivity index (χ2n) is 5.91. The number of piperidine rings is 1. The van der Waals surface area contributed by atoms with Gasteiger partial charge in [0.05, 0.1) is 5.92 Å². The molecule has 1 aliphatic rings. The van der Waals surface area contributed by atoms with Gasteiger partial charge in [0.2, 0.25) is 5.91 Å². The SMILES string of the molecule is CCCCCC(C)N1CCCC(C(=O)N(C)C)C1. The molecule has 1 saturated heterocycles. The number of rotatable bonds is 6. The number of amides is 1. The monoisotopic (exact) mass is 254 g/mol. The van der Waals surface area contributed by atoms with Gasteiger partial charge in [-0.2, -0.15) is 0 Å². The number of hydrogen-bond acceptors (Lipinski definition) is 2. The van der Waals surface area contributed by atoms with Gasteiger partial charge in [-0.3, -0.25) is 9.69 Å². The Morgan fingerprint density at radius 2 is 2.11 bits per heavy atom. The van der Waals surface area contributed by atoms with Crippen molar-refractivity contribution in [2.45, 2.75) is 58.4 Å². The van der Waals surface area contributed by atoms with Crippen molar-refractivity contribution in [3.63, 3.8) is 0 Å². The molecular weight excluding hydrogens is 224 g/mol. The Bertz CT molecular complexity index is 253. The number of carbonyl (C=O) groups excluding carboxylic acids is 1. The van der Waals surface area contributed by atoms with Crippen molar-refractivity contribution < 1.29 is 4.79 Å². The molecule has 0 aromatic carbocycles. The predicted molar refractivity (Wildman–Crippen MR) is 76.6 cm³/mol. The minimum atomic E-state index is 0.224. The molecule has 18 heavy (non-hydrogen) atoms. The lowest BCUT2D eigenvalue weighted by molar-refractivity contribution is -0.135. The van der Waals surface area contributed by atoms with Crippen LogP contribution in [0.1, 0.15) is 52.4 Å². The Hall–Kier alpha value is -0.570. The summed E-state index contributed by atoms with van der Waals surface area (Å²) in [5.41, 5.74) is 0. The van der Waals surface area contributed by atoms with Crippen LogP contribution in [0.5, 0.6) is 0 Å². The van der Waals surface area contributed by atoms with Crippen LogP contribution in [-0.2, 0) is 4.79 Å². The molecule has 2 unspecified atom stereocenters. The lowest BCUT2D eigenvalue weighted by atomic mass is 9.94. The normalized spacial score (nSPS) is 22.8. The predicted octanol–water partition coefficient (Wildman–Crippen LogP) is 2.76. The van der Waals surface area contributed by atoms with Crippen LogP contribution < -0.4 is 0 Å². The van der Waals surface area contributed by atoms with Gasteiger partial charge in [-0.1, -0.05) is 26.2 Å². The zero-order chi connectivity index (χ0) is 13.5. The molecule has 0 radical (unpaired) electrons. The fourth-order valence-corrected chi connectivity index (χ4v) is 2.85. The summed E-state index contributed by atoms with van der Waals surface area (Å²) in [6.45, 7) is 6.70. The van der Waals surface area contributed by atoms with Crippen molar-refractivity contribution in [3.8, 4) is 0 Å². The molecule has 2 atom stereocenters. The Labute approximate surface area is 113 Å². The highest BCUT2D eigenvalue weighted by molar-refractivity contribution is 5.78. The van der Waals surface area contributed by atoms with Gasteiger partial charge < -0.3 is 4.90 Å². The number of likely N-dealkylation sites (tertiary alicyclic amines) is 1. The first-order chi connectivity index (χ1) is 8.56. The van der Waals surface area contributed by atoms with E-state index < -0.39 is 0 Å². The van der Waals surface area contributed by atoms with Crippen molar-refractivity contribution in [2.75, 3.05) is 27.2 Å². The minimum Gasteiger partial charge on any atom is -0.349 e. The van der Waals surface area contributed by atoms with Crippen LogP contribution in [0, 0.1) is 5.92 Å². The molecule has 0 aromatic heterocycles. The third kappa shape index (κ3) is 4.60. The maximum absolute atomic E-state index is 12.0. The molecule has 0 aromatic rings. The molecular formula is C15H30N2O. The molecule has 1 rings (SSSR count). The van der Waals surface area contributed by atoms with Gasteiger partial charge in [0, 0.05) is 26.7 Å². The van der Waals surface area contributed by atoms with E-state index in [2.05, 4.69) is 18.7 Å². The van der Waals surface area contributed by atoms with Crippen LogP contribution >= 0.6 is 0 Å². The molecule has 1 fully saturated rings. The molecule has 0 spiro atoms. The van der Waals surface area contributed by atoms with Crippen LogP contribution in [-0.4, -0.2) is 48.9 Å². The fourth-order valence-electron chi connectivity index (χ4n) is 2.85. The van der Waals surface area contributed by atoms with Crippen LogP contribution in [0.4, 0.5) is 0 Å². The third-order valence-electron chi connectivity index (χ3n) is 4.09. The zero-order valence-electron chi connectivity index (χ0n) is 12.6. The molecule has 1 heterocycles. The van der Waals surface area contributed by atoms with Gasteiger partial charge in [-0.15, -0.1) is 0 Å². The second kappa shape index (κ2) is 7.78. The van der Waals surface area contributed by atoms with E-state index in [0.29, 0.717) is 11.9 Å². The summed E-state index contributed by atoms with van der Waals surface area (Å²) in [6.07, 6.45) is 7.45. The topological polar surface area (TPSA) is 23.6 Å². The van der Waals surface area contributed by atoms with Crippen molar-refractivity contribution in [3.05, 3.63) is 0 Å². The fraction of sp³-hybridized carbons (Fsp3) is 0.933. The number of carbonyl (C=O) groups is 1. The first kappa shape index (κ1) is 15.5. The molecule has 3 heteroatoms. The first-order valence-electron chi connectivity index (χ1n) is 7.51. The summed E-state index contributed by atoms with van der Waals surface area (Å²) in [7, 11) is 3.73. The van der Waals surface area contributed by atoms with Crippen molar-refractivity contribution in [1.29, 1.82) is 0 Å². The lowest BCUT2D eigenvalue weighted by Gasteiger charge is -2.37. The summed E-state index contributed by atoms with van der Waals surface area (Å²) in [5, 5.41) is 0. The van der Waals surface area contributed by atoms with Gasteiger partial charge in [-0.05, 0) is 32.7 Å². The Balaban J connectivity index is 2.40.